The number of rotatable bonds is 7. The van der Waals surface area contributed by atoms with Crippen molar-refractivity contribution in [2.24, 2.45) is 5.92 Å². The van der Waals surface area contributed by atoms with Crippen LogP contribution in [0.2, 0.25) is 0 Å². The Kier molecular flexibility index (Phi) is 4.99. The Labute approximate surface area is 118 Å². The van der Waals surface area contributed by atoms with Gasteiger partial charge in [-0.3, -0.25) is 4.79 Å². The maximum absolute atomic E-state index is 11.9. The molecule has 1 aromatic carbocycles. The summed E-state index contributed by atoms with van der Waals surface area (Å²) in [5.41, 5.74) is 2.66. The van der Waals surface area contributed by atoms with Gasteiger partial charge in [0.1, 0.15) is 5.78 Å². The van der Waals surface area contributed by atoms with Crippen LogP contribution >= 0.6 is 15.9 Å². The van der Waals surface area contributed by atoms with Gasteiger partial charge in [-0.15, -0.1) is 0 Å². The van der Waals surface area contributed by atoms with E-state index in [0.717, 1.165) is 25.7 Å². The molecule has 1 aliphatic carbocycles. The molecule has 0 aromatic heterocycles. The molecule has 0 saturated heterocycles. The average Bonchev–Trinajstić information content (AvgIpc) is 3.21. The number of carbonyl (C=O) groups is 1. The van der Waals surface area contributed by atoms with Crippen LogP contribution in [0.25, 0.3) is 0 Å². The average molecular weight is 309 g/mol. The standard InChI is InChI=1S/C16H21BrO/c1-2-3-4-12-5-7-13(8-6-12)11-15(17)16(18)14-9-10-14/h5-8,14-15H,2-4,9-11H2,1H3. The van der Waals surface area contributed by atoms with Crippen LogP contribution in [0.15, 0.2) is 24.3 Å². The van der Waals surface area contributed by atoms with E-state index in [0.29, 0.717) is 11.7 Å². The summed E-state index contributed by atoms with van der Waals surface area (Å²) in [6.45, 7) is 2.22. The third kappa shape index (κ3) is 3.94. The number of hydrogen-bond acceptors (Lipinski definition) is 1. The lowest BCUT2D eigenvalue weighted by Gasteiger charge is -2.09. The van der Waals surface area contributed by atoms with Gasteiger partial charge >= 0.3 is 0 Å². The Hall–Kier alpha value is -0.630. The first-order valence-corrected chi connectivity index (χ1v) is 7.88. The maximum atomic E-state index is 11.9. The van der Waals surface area contributed by atoms with Gasteiger partial charge in [0.2, 0.25) is 0 Å². The van der Waals surface area contributed by atoms with Gasteiger partial charge in [0, 0.05) is 5.92 Å². The molecule has 18 heavy (non-hydrogen) atoms. The molecule has 1 unspecified atom stereocenters. The quantitative estimate of drug-likeness (QED) is 0.686. The first kappa shape index (κ1) is 13.8. The number of Topliss-reactive ketones (excluding diaryl/α,β-unsaturated/α-hetero) is 1. The zero-order valence-electron chi connectivity index (χ0n) is 11.0. The van der Waals surface area contributed by atoms with Crippen LogP contribution in [0, 0.1) is 5.92 Å². The molecule has 0 aliphatic heterocycles. The van der Waals surface area contributed by atoms with Crippen molar-refractivity contribution >= 4 is 21.7 Å². The molecule has 0 N–H and O–H groups in total. The highest BCUT2D eigenvalue weighted by Gasteiger charge is 2.33. The van der Waals surface area contributed by atoms with Crippen molar-refractivity contribution < 1.29 is 4.79 Å². The molecular formula is C16H21BrO. The summed E-state index contributed by atoms with van der Waals surface area (Å²) >= 11 is 3.53. The van der Waals surface area contributed by atoms with E-state index in [1.54, 1.807) is 0 Å². The van der Waals surface area contributed by atoms with Crippen molar-refractivity contribution in [1.82, 2.24) is 0 Å². The highest BCUT2D eigenvalue weighted by molar-refractivity contribution is 9.10. The molecule has 1 nitrogen and oxygen atoms in total. The van der Waals surface area contributed by atoms with Gasteiger partial charge in [-0.2, -0.15) is 0 Å². The van der Waals surface area contributed by atoms with Crippen LogP contribution in [0.5, 0.6) is 0 Å². The van der Waals surface area contributed by atoms with Crippen LogP contribution in [0.4, 0.5) is 0 Å². The third-order valence-electron chi connectivity index (χ3n) is 3.55. The lowest BCUT2D eigenvalue weighted by molar-refractivity contribution is -0.119. The Morgan fingerprint density at radius 1 is 1.28 bits per heavy atom. The van der Waals surface area contributed by atoms with Gasteiger partial charge in [-0.05, 0) is 43.2 Å². The zero-order chi connectivity index (χ0) is 13.0. The summed E-state index contributed by atoms with van der Waals surface area (Å²) in [7, 11) is 0. The Morgan fingerprint density at radius 2 is 1.89 bits per heavy atom. The molecule has 0 bridgehead atoms. The van der Waals surface area contributed by atoms with E-state index < -0.39 is 0 Å². The Morgan fingerprint density at radius 3 is 2.44 bits per heavy atom. The van der Waals surface area contributed by atoms with Gasteiger partial charge in [0.15, 0.2) is 0 Å². The van der Waals surface area contributed by atoms with Crippen molar-refractivity contribution in [2.45, 2.75) is 50.3 Å². The van der Waals surface area contributed by atoms with Crippen molar-refractivity contribution in [3.05, 3.63) is 35.4 Å². The summed E-state index contributed by atoms with van der Waals surface area (Å²) in [5.74, 6) is 0.739. The molecule has 2 heteroatoms. The summed E-state index contributed by atoms with van der Waals surface area (Å²) < 4.78 is 0. The van der Waals surface area contributed by atoms with Gasteiger partial charge in [-0.25, -0.2) is 0 Å². The van der Waals surface area contributed by atoms with E-state index in [4.69, 9.17) is 0 Å². The molecule has 0 amide bonds. The summed E-state index contributed by atoms with van der Waals surface area (Å²) in [5, 5.41) is 0. The molecular weight excluding hydrogens is 288 g/mol. The van der Waals surface area contributed by atoms with E-state index in [1.165, 1.54) is 24.0 Å². The molecule has 2 rings (SSSR count). The molecule has 1 fully saturated rings. The number of aryl methyl sites for hydroxylation is 1. The highest BCUT2D eigenvalue weighted by Crippen LogP contribution is 2.33. The fourth-order valence-corrected chi connectivity index (χ4v) is 2.90. The number of benzene rings is 1. The molecule has 1 aromatic rings. The lowest BCUT2D eigenvalue weighted by atomic mass is 10.0. The predicted octanol–water partition coefficient (Wildman–Crippen LogP) is 4.31. The number of unbranched alkanes of at least 4 members (excludes halogenated alkanes) is 1. The normalized spacial score (nSPS) is 16.6. The van der Waals surface area contributed by atoms with E-state index in [2.05, 4.69) is 47.1 Å². The fraction of sp³-hybridized carbons (Fsp3) is 0.562. The van der Waals surface area contributed by atoms with Crippen molar-refractivity contribution in [3.63, 3.8) is 0 Å². The number of halogens is 1. The molecule has 0 spiro atoms. The molecule has 0 radical (unpaired) electrons. The van der Waals surface area contributed by atoms with E-state index in [1.807, 2.05) is 0 Å². The second-order valence-corrected chi connectivity index (χ2v) is 6.37. The Balaban J connectivity index is 1.87. The van der Waals surface area contributed by atoms with Crippen molar-refractivity contribution in [3.8, 4) is 0 Å². The first-order valence-electron chi connectivity index (χ1n) is 6.96. The fourth-order valence-electron chi connectivity index (χ4n) is 2.15. The van der Waals surface area contributed by atoms with Crippen LogP contribution in [-0.2, 0) is 17.6 Å². The van der Waals surface area contributed by atoms with Crippen molar-refractivity contribution in [1.29, 1.82) is 0 Å². The number of ketones is 1. The number of carbonyl (C=O) groups excluding carboxylic acids is 1. The Bertz CT molecular complexity index is 392. The molecule has 98 valence electrons. The smallest absolute Gasteiger partial charge is 0.149 e. The molecule has 0 heterocycles. The third-order valence-corrected chi connectivity index (χ3v) is 4.32. The van der Waals surface area contributed by atoms with Crippen LogP contribution in [0.1, 0.15) is 43.7 Å². The van der Waals surface area contributed by atoms with Gasteiger partial charge in [0.25, 0.3) is 0 Å². The van der Waals surface area contributed by atoms with Crippen LogP contribution < -0.4 is 0 Å². The minimum absolute atomic E-state index is 0.00601. The topological polar surface area (TPSA) is 17.1 Å². The SMILES string of the molecule is CCCCc1ccc(CC(Br)C(=O)C2CC2)cc1. The van der Waals surface area contributed by atoms with Crippen LogP contribution in [-0.4, -0.2) is 10.6 Å². The minimum Gasteiger partial charge on any atom is -0.298 e. The molecule has 1 aliphatic rings. The number of hydrogen-bond donors (Lipinski definition) is 0. The molecule has 1 atom stereocenters. The van der Waals surface area contributed by atoms with Gasteiger partial charge in [0.05, 0.1) is 4.83 Å². The number of alkyl halides is 1. The largest absolute Gasteiger partial charge is 0.298 e. The summed E-state index contributed by atoms with van der Waals surface area (Å²) in [4.78, 5) is 11.9. The highest BCUT2D eigenvalue weighted by atomic mass is 79.9. The van der Waals surface area contributed by atoms with Gasteiger partial charge in [-0.1, -0.05) is 53.5 Å². The second-order valence-electron chi connectivity index (χ2n) is 5.27. The van der Waals surface area contributed by atoms with Crippen molar-refractivity contribution in [2.75, 3.05) is 0 Å². The van der Waals surface area contributed by atoms with Gasteiger partial charge < -0.3 is 0 Å². The molecule has 1 saturated carbocycles. The summed E-state index contributed by atoms with van der Waals surface area (Å²) in [6.07, 6.45) is 6.66. The zero-order valence-corrected chi connectivity index (χ0v) is 12.6. The lowest BCUT2D eigenvalue weighted by Crippen LogP contribution is -2.18. The van der Waals surface area contributed by atoms with Crippen LogP contribution in [0.3, 0.4) is 0 Å². The van der Waals surface area contributed by atoms with E-state index in [9.17, 15) is 4.79 Å². The summed E-state index contributed by atoms with van der Waals surface area (Å²) in [6, 6.07) is 8.73. The van der Waals surface area contributed by atoms with E-state index in [-0.39, 0.29) is 4.83 Å². The van der Waals surface area contributed by atoms with E-state index >= 15 is 0 Å². The second kappa shape index (κ2) is 6.51. The first-order chi connectivity index (χ1) is 8.70. The minimum atomic E-state index is 0.00601. The predicted molar refractivity (Wildman–Crippen MR) is 79.2 cm³/mol. The monoisotopic (exact) mass is 308 g/mol. The maximum Gasteiger partial charge on any atom is 0.149 e.